The molecule has 1 aliphatic rings. The summed E-state index contributed by atoms with van der Waals surface area (Å²) >= 11 is 11.5. The largest absolute Gasteiger partial charge is 0.340 e. The van der Waals surface area contributed by atoms with Gasteiger partial charge in [0.25, 0.3) is 0 Å². The molecule has 10 heteroatoms. The lowest BCUT2D eigenvalue weighted by atomic mass is 10.1. The minimum atomic E-state index is -3.84. The molecule has 160 valence electrons. The molecule has 1 saturated heterocycles. The average Bonchev–Trinajstić information content (AvgIpc) is 2.74. The van der Waals surface area contributed by atoms with Crippen molar-refractivity contribution in [1.29, 1.82) is 0 Å². The Hall–Kier alpha value is -2.00. The molecule has 0 N–H and O–H groups in total. The van der Waals surface area contributed by atoms with Gasteiger partial charge in [0.2, 0.25) is 15.9 Å². The van der Waals surface area contributed by atoms with Crippen molar-refractivity contribution < 1.29 is 22.4 Å². The topological polar surface area (TPSA) is 74.8 Å². The standard InChI is InChI=1S/C20H19Cl2FN2O4S/c21-15-3-1-14(2-4-15)19(26)7-8-20(27)24-9-11-25(12-10-24)30(28,29)16-5-6-18(23)17(22)13-16/h1-6,13H,7-12H2. The summed E-state index contributed by atoms with van der Waals surface area (Å²) in [6.07, 6.45) is 0.106. The number of sulfonamides is 1. The van der Waals surface area contributed by atoms with E-state index >= 15 is 0 Å². The molecule has 0 atom stereocenters. The van der Waals surface area contributed by atoms with Crippen LogP contribution >= 0.6 is 23.2 Å². The smallest absolute Gasteiger partial charge is 0.243 e. The number of hydrogen-bond acceptors (Lipinski definition) is 4. The molecular formula is C20H19Cl2FN2O4S. The lowest BCUT2D eigenvalue weighted by molar-refractivity contribution is -0.132. The highest BCUT2D eigenvalue weighted by Crippen LogP contribution is 2.23. The zero-order valence-corrected chi connectivity index (χ0v) is 18.2. The number of nitrogens with zero attached hydrogens (tertiary/aromatic N) is 2. The predicted molar refractivity (Wildman–Crippen MR) is 112 cm³/mol. The SMILES string of the molecule is O=C(CCC(=O)N1CCN(S(=O)(=O)c2ccc(F)c(Cl)c2)CC1)c1ccc(Cl)cc1. The summed E-state index contributed by atoms with van der Waals surface area (Å²) in [5.74, 6) is -1.06. The summed E-state index contributed by atoms with van der Waals surface area (Å²) in [5, 5.41) is 0.258. The molecule has 0 radical (unpaired) electrons. The molecule has 30 heavy (non-hydrogen) atoms. The quantitative estimate of drug-likeness (QED) is 0.601. The molecule has 0 aliphatic carbocycles. The van der Waals surface area contributed by atoms with Crippen molar-refractivity contribution in [3.8, 4) is 0 Å². The van der Waals surface area contributed by atoms with Gasteiger partial charge in [0.1, 0.15) is 5.82 Å². The second-order valence-electron chi connectivity index (χ2n) is 6.79. The van der Waals surface area contributed by atoms with Crippen LogP contribution in [0.1, 0.15) is 23.2 Å². The van der Waals surface area contributed by atoms with Crippen molar-refractivity contribution in [3.05, 3.63) is 63.9 Å². The van der Waals surface area contributed by atoms with Crippen LogP contribution in [0.4, 0.5) is 4.39 Å². The zero-order chi connectivity index (χ0) is 21.9. The number of carbonyl (C=O) groups is 2. The van der Waals surface area contributed by atoms with Crippen molar-refractivity contribution in [2.24, 2.45) is 0 Å². The second-order valence-corrected chi connectivity index (χ2v) is 9.57. The van der Waals surface area contributed by atoms with Gasteiger partial charge in [-0.1, -0.05) is 23.2 Å². The molecule has 1 aliphatic heterocycles. The maximum atomic E-state index is 13.3. The van der Waals surface area contributed by atoms with E-state index in [2.05, 4.69) is 0 Å². The van der Waals surface area contributed by atoms with Crippen LogP contribution in [0.25, 0.3) is 0 Å². The van der Waals surface area contributed by atoms with Crippen LogP contribution < -0.4 is 0 Å². The number of rotatable bonds is 6. The summed E-state index contributed by atoms with van der Waals surface area (Å²) < 4.78 is 40.0. The highest BCUT2D eigenvalue weighted by molar-refractivity contribution is 7.89. The van der Waals surface area contributed by atoms with Gasteiger partial charge in [-0.15, -0.1) is 0 Å². The van der Waals surface area contributed by atoms with E-state index in [0.29, 0.717) is 10.6 Å². The Bertz CT molecular complexity index is 1050. The van der Waals surface area contributed by atoms with Gasteiger partial charge in [-0.3, -0.25) is 9.59 Å². The van der Waals surface area contributed by atoms with E-state index in [4.69, 9.17) is 23.2 Å². The summed E-state index contributed by atoms with van der Waals surface area (Å²) in [4.78, 5) is 26.1. The highest BCUT2D eigenvalue weighted by Gasteiger charge is 2.30. The first-order chi connectivity index (χ1) is 14.2. The van der Waals surface area contributed by atoms with Crippen molar-refractivity contribution in [2.75, 3.05) is 26.2 Å². The maximum Gasteiger partial charge on any atom is 0.243 e. The minimum Gasteiger partial charge on any atom is -0.340 e. The minimum absolute atomic E-state index is 0.0434. The molecule has 1 fully saturated rings. The number of halogens is 3. The van der Waals surface area contributed by atoms with E-state index in [1.807, 2.05) is 0 Å². The number of amides is 1. The molecule has 2 aromatic rings. The fourth-order valence-electron chi connectivity index (χ4n) is 3.12. The third-order valence-electron chi connectivity index (χ3n) is 4.85. The Labute approximate surface area is 184 Å². The van der Waals surface area contributed by atoms with Gasteiger partial charge in [0.05, 0.1) is 9.92 Å². The van der Waals surface area contributed by atoms with Crippen molar-refractivity contribution in [3.63, 3.8) is 0 Å². The van der Waals surface area contributed by atoms with E-state index in [9.17, 15) is 22.4 Å². The van der Waals surface area contributed by atoms with E-state index in [1.54, 1.807) is 29.2 Å². The van der Waals surface area contributed by atoms with Gasteiger partial charge in [0.15, 0.2) is 5.78 Å². The predicted octanol–water partition coefficient (Wildman–Crippen LogP) is 3.63. The fourth-order valence-corrected chi connectivity index (χ4v) is 4.94. The summed E-state index contributed by atoms with van der Waals surface area (Å²) in [6.45, 7) is 0.632. The Kier molecular flexibility index (Phi) is 7.13. The van der Waals surface area contributed by atoms with Crippen LogP contribution in [-0.4, -0.2) is 55.5 Å². The first-order valence-corrected chi connectivity index (χ1v) is 11.4. The Morgan fingerprint density at radius 2 is 1.57 bits per heavy atom. The highest BCUT2D eigenvalue weighted by atomic mass is 35.5. The van der Waals surface area contributed by atoms with Crippen LogP contribution in [0.3, 0.4) is 0 Å². The Balaban J connectivity index is 1.54. The van der Waals surface area contributed by atoms with Gasteiger partial charge < -0.3 is 4.90 Å². The van der Waals surface area contributed by atoms with Gasteiger partial charge in [-0.2, -0.15) is 4.31 Å². The lowest BCUT2D eigenvalue weighted by Gasteiger charge is -2.34. The van der Waals surface area contributed by atoms with E-state index in [-0.39, 0.29) is 60.6 Å². The number of ketones is 1. The van der Waals surface area contributed by atoms with Crippen LogP contribution in [0.2, 0.25) is 10.0 Å². The van der Waals surface area contributed by atoms with E-state index in [1.165, 1.54) is 4.31 Å². The van der Waals surface area contributed by atoms with Crippen LogP contribution in [0, 0.1) is 5.82 Å². The third-order valence-corrected chi connectivity index (χ3v) is 7.29. The first kappa shape index (κ1) is 22.7. The molecular weight excluding hydrogens is 454 g/mol. The van der Waals surface area contributed by atoms with Crippen molar-refractivity contribution >= 4 is 44.9 Å². The number of piperazine rings is 1. The van der Waals surface area contributed by atoms with Gasteiger partial charge in [0, 0.05) is 49.6 Å². The van der Waals surface area contributed by atoms with Crippen LogP contribution in [0.15, 0.2) is 47.4 Å². The zero-order valence-electron chi connectivity index (χ0n) is 15.9. The number of carbonyl (C=O) groups excluding carboxylic acids is 2. The van der Waals surface area contributed by atoms with Gasteiger partial charge in [-0.05, 0) is 42.5 Å². The average molecular weight is 473 g/mol. The third kappa shape index (κ3) is 5.18. The molecule has 0 aromatic heterocycles. The van der Waals surface area contributed by atoms with Crippen molar-refractivity contribution in [1.82, 2.24) is 9.21 Å². The lowest BCUT2D eigenvalue weighted by Crippen LogP contribution is -2.50. The summed E-state index contributed by atoms with van der Waals surface area (Å²) in [7, 11) is -3.84. The molecule has 1 heterocycles. The summed E-state index contributed by atoms with van der Waals surface area (Å²) in [6, 6.07) is 9.70. The molecule has 0 bridgehead atoms. The summed E-state index contributed by atoms with van der Waals surface area (Å²) in [5.41, 5.74) is 0.487. The van der Waals surface area contributed by atoms with Crippen molar-refractivity contribution in [2.45, 2.75) is 17.7 Å². The number of benzene rings is 2. The van der Waals surface area contributed by atoms with Crippen LogP contribution in [0.5, 0.6) is 0 Å². The van der Waals surface area contributed by atoms with E-state index in [0.717, 1.165) is 18.2 Å². The monoisotopic (exact) mass is 472 g/mol. The molecule has 1 amide bonds. The molecule has 6 nitrogen and oxygen atoms in total. The molecule has 2 aromatic carbocycles. The Morgan fingerprint density at radius 1 is 0.933 bits per heavy atom. The second kappa shape index (κ2) is 9.43. The van der Waals surface area contributed by atoms with Crippen LogP contribution in [-0.2, 0) is 14.8 Å². The molecule has 0 spiro atoms. The van der Waals surface area contributed by atoms with E-state index < -0.39 is 15.8 Å². The maximum absolute atomic E-state index is 13.3. The molecule has 0 unspecified atom stereocenters. The van der Waals surface area contributed by atoms with Gasteiger partial charge >= 0.3 is 0 Å². The first-order valence-electron chi connectivity index (χ1n) is 9.20. The fraction of sp³-hybridized carbons (Fsp3) is 0.300. The molecule has 3 rings (SSSR count). The molecule has 0 saturated carbocycles. The van der Waals surface area contributed by atoms with Gasteiger partial charge in [-0.25, -0.2) is 12.8 Å². The number of Topliss-reactive ketones (excluding diaryl/α,β-unsaturated/α-hetero) is 1. The normalized spacial score (nSPS) is 15.2. The Morgan fingerprint density at radius 3 is 2.17 bits per heavy atom. The number of hydrogen-bond donors (Lipinski definition) is 0.